The normalized spacial score (nSPS) is 12.4. The van der Waals surface area contributed by atoms with Crippen molar-refractivity contribution < 1.29 is 24.5 Å². The van der Waals surface area contributed by atoms with Gasteiger partial charge in [0.2, 0.25) is 0 Å². The number of fused-ring (bicyclic) bond motifs is 1. The molecule has 0 atom stereocenters. The molecule has 0 aliphatic carbocycles. The predicted molar refractivity (Wildman–Crippen MR) is 108 cm³/mol. The van der Waals surface area contributed by atoms with E-state index < -0.39 is 0 Å². The van der Waals surface area contributed by atoms with Crippen molar-refractivity contribution in [2.24, 2.45) is 0 Å². The van der Waals surface area contributed by atoms with Crippen molar-refractivity contribution in [3.05, 3.63) is 53.2 Å². The number of ether oxygens (including phenoxy) is 1. The number of nitrogens with one attached hydrogen (secondary N) is 2. The summed E-state index contributed by atoms with van der Waals surface area (Å²) >= 11 is 0. The van der Waals surface area contributed by atoms with Crippen LogP contribution in [-0.4, -0.2) is 58.8 Å². The number of amides is 2. The highest BCUT2D eigenvalue weighted by molar-refractivity contribution is 5.74. The highest BCUT2D eigenvalue weighted by Gasteiger charge is 2.19. The Bertz CT molecular complexity index is 815. The number of aliphatic hydroxyl groups excluding tert-OH is 1. The van der Waals surface area contributed by atoms with E-state index in [1.165, 1.54) is 0 Å². The van der Waals surface area contributed by atoms with Crippen LogP contribution in [0.25, 0.3) is 0 Å². The molecule has 4 N–H and O–H groups in total. The molecule has 0 saturated heterocycles. The lowest BCUT2D eigenvalue weighted by Crippen LogP contribution is -2.42. The Kier molecular flexibility index (Phi) is 8.71. The molecule has 0 saturated carbocycles. The van der Waals surface area contributed by atoms with Crippen LogP contribution in [0.1, 0.15) is 16.7 Å². The fraction of sp³-hybridized carbons (Fsp3) is 0.350. The highest BCUT2D eigenvalue weighted by Crippen LogP contribution is 2.24. The minimum absolute atomic E-state index is 0.0297. The SMILES string of the molecule is Cc1cccnc1NCCNC(=O)N1CCOc2ccc(CO)cc2C1.O=CO. The Labute approximate surface area is 169 Å². The largest absolute Gasteiger partial charge is 0.491 e. The van der Waals surface area contributed by atoms with Crippen LogP contribution >= 0.6 is 0 Å². The lowest BCUT2D eigenvalue weighted by Gasteiger charge is -2.20. The summed E-state index contributed by atoms with van der Waals surface area (Å²) in [5, 5.41) is 22.3. The van der Waals surface area contributed by atoms with E-state index in [9.17, 15) is 9.90 Å². The summed E-state index contributed by atoms with van der Waals surface area (Å²) < 4.78 is 5.70. The molecule has 29 heavy (non-hydrogen) atoms. The smallest absolute Gasteiger partial charge is 0.317 e. The molecule has 2 heterocycles. The van der Waals surface area contributed by atoms with Crippen LogP contribution in [0.15, 0.2) is 36.5 Å². The number of carbonyl (C=O) groups is 2. The number of nitrogens with zero attached hydrogens (tertiary/aromatic N) is 2. The minimum atomic E-state index is -0.250. The third kappa shape index (κ3) is 6.65. The number of urea groups is 1. The summed E-state index contributed by atoms with van der Waals surface area (Å²) in [6, 6.07) is 9.32. The molecule has 1 aromatic carbocycles. The molecule has 1 aliphatic rings. The van der Waals surface area contributed by atoms with E-state index in [-0.39, 0.29) is 19.1 Å². The van der Waals surface area contributed by atoms with Crippen LogP contribution in [-0.2, 0) is 17.9 Å². The summed E-state index contributed by atoms with van der Waals surface area (Å²) in [5.74, 6) is 1.60. The first-order chi connectivity index (χ1) is 14.1. The number of benzene rings is 1. The molecule has 0 spiro atoms. The molecule has 0 radical (unpaired) electrons. The molecule has 156 valence electrons. The van der Waals surface area contributed by atoms with Gasteiger partial charge in [0.15, 0.2) is 0 Å². The van der Waals surface area contributed by atoms with Crippen molar-refractivity contribution in [3.8, 4) is 5.75 Å². The van der Waals surface area contributed by atoms with Crippen molar-refractivity contribution in [3.63, 3.8) is 0 Å². The maximum absolute atomic E-state index is 12.5. The third-order valence-corrected chi connectivity index (χ3v) is 4.28. The monoisotopic (exact) mass is 402 g/mol. The van der Waals surface area contributed by atoms with Gasteiger partial charge in [-0.3, -0.25) is 4.79 Å². The number of aromatic nitrogens is 1. The van der Waals surface area contributed by atoms with Crippen molar-refractivity contribution in [1.82, 2.24) is 15.2 Å². The van der Waals surface area contributed by atoms with Gasteiger partial charge in [-0.15, -0.1) is 0 Å². The van der Waals surface area contributed by atoms with E-state index in [4.69, 9.17) is 14.6 Å². The maximum Gasteiger partial charge on any atom is 0.317 e. The molecule has 1 aliphatic heterocycles. The average Bonchev–Trinajstić information content (AvgIpc) is 2.94. The van der Waals surface area contributed by atoms with Crippen LogP contribution in [0, 0.1) is 6.92 Å². The first kappa shape index (κ1) is 22.0. The molecule has 2 amide bonds. The first-order valence-corrected chi connectivity index (χ1v) is 9.20. The molecule has 9 nitrogen and oxygen atoms in total. The van der Waals surface area contributed by atoms with Crippen LogP contribution in [0.3, 0.4) is 0 Å². The molecular formula is C20H26N4O5. The van der Waals surface area contributed by atoms with Gasteiger partial charge >= 0.3 is 6.03 Å². The van der Waals surface area contributed by atoms with E-state index in [1.807, 2.05) is 37.3 Å². The molecule has 0 unspecified atom stereocenters. The standard InChI is InChI=1S/C19H24N4O3.CH2O2/c1-14-3-2-6-20-18(14)21-7-8-22-19(25)23-9-10-26-17-5-4-15(13-24)11-16(17)12-23;2-1-3/h2-6,11,24H,7-10,12-13H2,1H3,(H,20,21)(H,22,25);1H,(H,2,3). The van der Waals surface area contributed by atoms with Crippen molar-refractivity contribution in [2.45, 2.75) is 20.1 Å². The zero-order chi connectivity index (χ0) is 21.1. The average molecular weight is 402 g/mol. The number of carboxylic acid groups (broad SMARTS) is 1. The topological polar surface area (TPSA) is 124 Å². The molecule has 2 aromatic rings. The minimum Gasteiger partial charge on any atom is -0.491 e. The summed E-state index contributed by atoms with van der Waals surface area (Å²) in [7, 11) is 0. The Morgan fingerprint density at radius 3 is 2.86 bits per heavy atom. The van der Waals surface area contributed by atoms with Crippen LogP contribution < -0.4 is 15.4 Å². The zero-order valence-corrected chi connectivity index (χ0v) is 16.3. The van der Waals surface area contributed by atoms with Gasteiger partial charge in [-0.25, -0.2) is 9.78 Å². The summed E-state index contributed by atoms with van der Waals surface area (Å²) in [5.41, 5.74) is 2.79. The number of hydrogen-bond acceptors (Lipinski definition) is 6. The molecule has 9 heteroatoms. The van der Waals surface area contributed by atoms with E-state index in [0.29, 0.717) is 32.8 Å². The van der Waals surface area contributed by atoms with Gasteiger partial charge in [0.25, 0.3) is 6.47 Å². The number of aryl methyl sites for hydroxylation is 1. The Morgan fingerprint density at radius 1 is 1.34 bits per heavy atom. The van der Waals surface area contributed by atoms with Gasteiger partial charge in [0, 0.05) is 24.8 Å². The first-order valence-electron chi connectivity index (χ1n) is 9.20. The Morgan fingerprint density at radius 2 is 2.14 bits per heavy atom. The van der Waals surface area contributed by atoms with E-state index in [1.54, 1.807) is 11.1 Å². The molecular weight excluding hydrogens is 376 g/mol. The van der Waals surface area contributed by atoms with Crippen molar-refractivity contribution in [2.75, 3.05) is 31.6 Å². The summed E-state index contributed by atoms with van der Waals surface area (Å²) in [6.07, 6.45) is 1.74. The second kappa shape index (κ2) is 11.5. The van der Waals surface area contributed by atoms with Gasteiger partial charge in [-0.05, 0) is 36.2 Å². The Balaban J connectivity index is 0.000000941. The molecule has 0 fully saturated rings. The number of carbonyl (C=O) groups excluding carboxylic acids is 1. The van der Waals surface area contributed by atoms with Gasteiger partial charge in [-0.1, -0.05) is 12.1 Å². The zero-order valence-electron chi connectivity index (χ0n) is 16.3. The number of anilines is 1. The molecule has 0 bridgehead atoms. The lowest BCUT2D eigenvalue weighted by atomic mass is 10.1. The fourth-order valence-corrected chi connectivity index (χ4v) is 2.85. The Hall–Kier alpha value is -3.33. The van der Waals surface area contributed by atoms with Crippen molar-refractivity contribution in [1.29, 1.82) is 0 Å². The summed E-state index contributed by atoms with van der Waals surface area (Å²) in [4.78, 5) is 26.8. The number of rotatable bonds is 5. The van der Waals surface area contributed by atoms with Gasteiger partial charge in [-0.2, -0.15) is 0 Å². The predicted octanol–water partition coefficient (Wildman–Crippen LogP) is 1.60. The lowest BCUT2D eigenvalue weighted by molar-refractivity contribution is -0.122. The molecule has 1 aromatic heterocycles. The number of pyridine rings is 1. The second-order valence-corrected chi connectivity index (χ2v) is 6.30. The maximum atomic E-state index is 12.5. The van der Waals surface area contributed by atoms with E-state index in [2.05, 4.69) is 15.6 Å². The van der Waals surface area contributed by atoms with Crippen molar-refractivity contribution >= 4 is 18.3 Å². The van der Waals surface area contributed by atoms with Crippen LogP contribution in [0.5, 0.6) is 5.75 Å². The number of hydrogen-bond donors (Lipinski definition) is 4. The van der Waals surface area contributed by atoms with Gasteiger partial charge in [0.05, 0.1) is 19.7 Å². The number of aliphatic hydroxyl groups is 1. The van der Waals surface area contributed by atoms with E-state index in [0.717, 1.165) is 28.3 Å². The van der Waals surface area contributed by atoms with Gasteiger partial charge < -0.3 is 30.5 Å². The van der Waals surface area contributed by atoms with Crippen LogP contribution in [0.4, 0.5) is 10.6 Å². The van der Waals surface area contributed by atoms with E-state index >= 15 is 0 Å². The summed E-state index contributed by atoms with van der Waals surface area (Å²) in [6.45, 7) is 4.23. The van der Waals surface area contributed by atoms with Gasteiger partial charge in [0.1, 0.15) is 18.2 Å². The fourth-order valence-electron chi connectivity index (χ4n) is 2.85. The highest BCUT2D eigenvalue weighted by atomic mass is 16.5. The molecule has 3 rings (SSSR count). The second-order valence-electron chi connectivity index (χ2n) is 6.30. The third-order valence-electron chi connectivity index (χ3n) is 4.28. The quantitative estimate of drug-likeness (QED) is 0.442. The van der Waals surface area contributed by atoms with Crippen LogP contribution in [0.2, 0.25) is 0 Å².